The summed E-state index contributed by atoms with van der Waals surface area (Å²) in [5.74, 6) is -0.999. The van der Waals surface area contributed by atoms with Gasteiger partial charge in [0.25, 0.3) is 0 Å². The first-order valence-corrected chi connectivity index (χ1v) is 7.93. The quantitative estimate of drug-likeness (QED) is 0.673. The molecule has 0 unspecified atom stereocenters. The average molecular weight is 333 g/mol. The smallest absolute Gasteiger partial charge is 0.246 e. The first-order valence-electron chi connectivity index (χ1n) is 7.93. The molecule has 0 saturated carbocycles. The van der Waals surface area contributed by atoms with Crippen LogP contribution in [-0.4, -0.2) is 59.5 Å². The molecule has 1 aliphatic rings. The van der Waals surface area contributed by atoms with E-state index in [1.807, 2.05) is 30.3 Å². The third kappa shape index (κ3) is 4.32. The largest absolute Gasteiger partial charge is 0.391 e. The fourth-order valence-electron chi connectivity index (χ4n) is 2.97. The van der Waals surface area contributed by atoms with E-state index in [4.69, 9.17) is 0 Å². The Labute approximate surface area is 141 Å². The topological polar surface area (TPSA) is 98.7 Å². The van der Waals surface area contributed by atoms with Crippen LogP contribution in [0.2, 0.25) is 0 Å². The summed E-state index contributed by atoms with van der Waals surface area (Å²) in [5.41, 5.74) is 0.904. The maximum absolute atomic E-state index is 12.9. The van der Waals surface area contributed by atoms with Crippen molar-refractivity contribution in [3.63, 3.8) is 0 Å². The molecule has 7 heteroatoms. The van der Waals surface area contributed by atoms with Crippen molar-refractivity contribution in [2.75, 3.05) is 13.6 Å². The van der Waals surface area contributed by atoms with Crippen molar-refractivity contribution in [1.82, 2.24) is 15.5 Å². The van der Waals surface area contributed by atoms with Gasteiger partial charge in [0.15, 0.2) is 0 Å². The third-order valence-corrected chi connectivity index (χ3v) is 4.07. The van der Waals surface area contributed by atoms with Crippen molar-refractivity contribution in [3.8, 4) is 0 Å². The number of aliphatic hydroxyl groups is 1. The molecular weight excluding hydrogens is 310 g/mol. The first-order chi connectivity index (χ1) is 11.4. The van der Waals surface area contributed by atoms with Crippen LogP contribution in [0, 0.1) is 0 Å². The number of rotatable bonds is 5. The van der Waals surface area contributed by atoms with E-state index < -0.39 is 18.2 Å². The number of hydrogen-bond acceptors (Lipinski definition) is 4. The van der Waals surface area contributed by atoms with E-state index in [9.17, 15) is 19.5 Å². The van der Waals surface area contributed by atoms with Crippen LogP contribution in [0.4, 0.5) is 0 Å². The maximum atomic E-state index is 12.9. The van der Waals surface area contributed by atoms with Gasteiger partial charge in [-0.3, -0.25) is 14.4 Å². The van der Waals surface area contributed by atoms with Crippen LogP contribution in [0.3, 0.4) is 0 Å². The van der Waals surface area contributed by atoms with Gasteiger partial charge >= 0.3 is 0 Å². The number of amides is 3. The lowest BCUT2D eigenvalue weighted by Gasteiger charge is -2.28. The van der Waals surface area contributed by atoms with Gasteiger partial charge in [-0.1, -0.05) is 30.3 Å². The molecule has 0 aromatic heterocycles. The monoisotopic (exact) mass is 333 g/mol. The maximum Gasteiger partial charge on any atom is 0.246 e. The van der Waals surface area contributed by atoms with E-state index in [-0.39, 0.29) is 30.7 Å². The summed E-state index contributed by atoms with van der Waals surface area (Å²) in [4.78, 5) is 37.7. The van der Waals surface area contributed by atoms with Crippen LogP contribution < -0.4 is 10.6 Å². The number of likely N-dealkylation sites (N-methyl/N-ethyl adjacent to an activating group) is 1. The SMILES string of the molecule is CNC(=O)[C@@H]1C[C@H](O)CN1C(=O)[C@H](Cc1ccccc1)NC(C)=O. The number of nitrogens with zero attached hydrogens (tertiary/aromatic N) is 1. The van der Waals surface area contributed by atoms with Crippen molar-refractivity contribution in [2.24, 2.45) is 0 Å². The third-order valence-electron chi connectivity index (χ3n) is 4.07. The fraction of sp³-hybridized carbons (Fsp3) is 0.471. The summed E-state index contributed by atoms with van der Waals surface area (Å²) in [5, 5.41) is 15.0. The Balaban J connectivity index is 2.19. The Hall–Kier alpha value is -2.41. The molecule has 0 spiro atoms. The highest BCUT2D eigenvalue weighted by atomic mass is 16.3. The minimum Gasteiger partial charge on any atom is -0.391 e. The van der Waals surface area contributed by atoms with Crippen LogP contribution in [0.15, 0.2) is 30.3 Å². The highest BCUT2D eigenvalue weighted by Crippen LogP contribution is 2.20. The van der Waals surface area contributed by atoms with Gasteiger partial charge in [0.2, 0.25) is 17.7 Å². The molecule has 1 aromatic rings. The fourth-order valence-corrected chi connectivity index (χ4v) is 2.97. The summed E-state index contributed by atoms with van der Waals surface area (Å²) in [7, 11) is 1.49. The normalized spacial score (nSPS) is 21.2. The molecule has 1 aliphatic heterocycles. The lowest BCUT2D eigenvalue weighted by atomic mass is 10.0. The number of carbonyl (C=O) groups excluding carboxylic acids is 3. The van der Waals surface area contributed by atoms with Crippen molar-refractivity contribution in [3.05, 3.63) is 35.9 Å². The van der Waals surface area contributed by atoms with E-state index in [0.717, 1.165) is 5.56 Å². The van der Waals surface area contributed by atoms with E-state index in [1.165, 1.54) is 18.9 Å². The van der Waals surface area contributed by atoms with Gasteiger partial charge in [-0.2, -0.15) is 0 Å². The molecule has 3 atom stereocenters. The van der Waals surface area contributed by atoms with Crippen LogP contribution in [0.5, 0.6) is 0 Å². The molecule has 1 heterocycles. The second-order valence-corrected chi connectivity index (χ2v) is 5.95. The minimum atomic E-state index is -0.776. The second kappa shape index (κ2) is 7.92. The van der Waals surface area contributed by atoms with Crippen molar-refractivity contribution >= 4 is 17.7 Å². The summed E-state index contributed by atoms with van der Waals surface area (Å²) in [6.07, 6.45) is -0.221. The number of hydrogen-bond donors (Lipinski definition) is 3. The van der Waals surface area contributed by atoms with Crippen LogP contribution in [-0.2, 0) is 20.8 Å². The lowest BCUT2D eigenvalue weighted by molar-refractivity contribution is -0.141. The van der Waals surface area contributed by atoms with Crippen molar-refractivity contribution in [1.29, 1.82) is 0 Å². The molecular formula is C17H23N3O4. The van der Waals surface area contributed by atoms with E-state index in [2.05, 4.69) is 10.6 Å². The molecule has 0 aliphatic carbocycles. The van der Waals surface area contributed by atoms with Crippen LogP contribution in [0.25, 0.3) is 0 Å². The van der Waals surface area contributed by atoms with Gasteiger partial charge in [0.1, 0.15) is 12.1 Å². The summed E-state index contributed by atoms with van der Waals surface area (Å²) in [6.45, 7) is 1.43. The standard InChI is InChI=1S/C17H23N3O4/c1-11(21)19-14(8-12-6-4-3-5-7-12)17(24)20-10-13(22)9-15(20)16(23)18-2/h3-7,13-15,22H,8-10H2,1-2H3,(H,18,23)(H,19,21)/t13-,14-,15-/m0/s1. The van der Waals surface area contributed by atoms with Gasteiger partial charge in [-0.05, 0) is 5.56 Å². The molecule has 0 radical (unpaired) electrons. The molecule has 1 fully saturated rings. The highest BCUT2D eigenvalue weighted by molar-refractivity contribution is 5.92. The van der Waals surface area contributed by atoms with Gasteiger partial charge in [0, 0.05) is 33.4 Å². The molecule has 3 N–H and O–H groups in total. The van der Waals surface area contributed by atoms with Gasteiger partial charge in [0.05, 0.1) is 6.10 Å². The molecule has 24 heavy (non-hydrogen) atoms. The van der Waals surface area contributed by atoms with Crippen LogP contribution >= 0.6 is 0 Å². The summed E-state index contributed by atoms with van der Waals surface area (Å²) < 4.78 is 0. The molecule has 7 nitrogen and oxygen atoms in total. The van der Waals surface area contributed by atoms with Gasteiger partial charge in [-0.25, -0.2) is 0 Å². The number of nitrogens with one attached hydrogen (secondary N) is 2. The molecule has 1 saturated heterocycles. The number of likely N-dealkylation sites (tertiary alicyclic amines) is 1. The Morgan fingerprint density at radius 1 is 1.29 bits per heavy atom. The average Bonchev–Trinajstić information content (AvgIpc) is 2.95. The number of carbonyl (C=O) groups is 3. The molecule has 0 bridgehead atoms. The Bertz CT molecular complexity index is 605. The van der Waals surface area contributed by atoms with Gasteiger partial charge < -0.3 is 20.6 Å². The van der Waals surface area contributed by atoms with E-state index in [0.29, 0.717) is 6.42 Å². The number of aliphatic hydroxyl groups excluding tert-OH is 1. The summed E-state index contributed by atoms with van der Waals surface area (Å²) in [6, 6.07) is 7.84. The molecule has 2 rings (SSSR count). The minimum absolute atomic E-state index is 0.0851. The zero-order chi connectivity index (χ0) is 17.7. The Kier molecular flexibility index (Phi) is 5.92. The number of β-amino-alcohol motifs (C(OH)–C–C–N with tert-alkyl or cyclic N) is 1. The lowest BCUT2D eigenvalue weighted by Crippen LogP contribution is -2.53. The second-order valence-electron chi connectivity index (χ2n) is 5.95. The first kappa shape index (κ1) is 17.9. The molecule has 1 aromatic carbocycles. The van der Waals surface area contributed by atoms with E-state index in [1.54, 1.807) is 0 Å². The highest BCUT2D eigenvalue weighted by Gasteiger charge is 2.40. The predicted octanol–water partition coefficient (Wildman–Crippen LogP) is -0.558. The van der Waals surface area contributed by atoms with Crippen LogP contribution in [0.1, 0.15) is 18.9 Å². The Morgan fingerprint density at radius 2 is 1.96 bits per heavy atom. The van der Waals surface area contributed by atoms with E-state index >= 15 is 0 Å². The molecule has 130 valence electrons. The summed E-state index contributed by atoms with van der Waals surface area (Å²) >= 11 is 0. The number of benzene rings is 1. The Morgan fingerprint density at radius 3 is 2.54 bits per heavy atom. The zero-order valence-corrected chi connectivity index (χ0v) is 13.9. The van der Waals surface area contributed by atoms with Crippen molar-refractivity contribution < 1.29 is 19.5 Å². The van der Waals surface area contributed by atoms with Gasteiger partial charge in [-0.15, -0.1) is 0 Å². The van der Waals surface area contributed by atoms with Crippen molar-refractivity contribution in [2.45, 2.75) is 38.0 Å². The predicted molar refractivity (Wildman–Crippen MR) is 87.9 cm³/mol. The zero-order valence-electron chi connectivity index (χ0n) is 13.9. The molecule has 3 amide bonds.